The van der Waals surface area contributed by atoms with Gasteiger partial charge in [-0.25, -0.2) is 0 Å². The van der Waals surface area contributed by atoms with E-state index in [0.29, 0.717) is 11.8 Å². The lowest BCUT2D eigenvalue weighted by atomic mass is 10.2. The van der Waals surface area contributed by atoms with Crippen molar-refractivity contribution >= 4 is 16.8 Å². The van der Waals surface area contributed by atoms with Crippen molar-refractivity contribution in [1.82, 2.24) is 20.1 Å². The van der Waals surface area contributed by atoms with Crippen molar-refractivity contribution in [2.24, 2.45) is 0 Å². The quantitative estimate of drug-likeness (QED) is 0.623. The Bertz CT molecular complexity index is 1030. The molecule has 0 radical (unpaired) electrons. The fourth-order valence-electron chi connectivity index (χ4n) is 2.81. The van der Waals surface area contributed by atoms with Crippen LogP contribution in [0.25, 0.3) is 33.8 Å². The van der Waals surface area contributed by atoms with E-state index in [0.717, 1.165) is 22.0 Å². The van der Waals surface area contributed by atoms with Crippen LogP contribution < -0.4 is 5.32 Å². The summed E-state index contributed by atoms with van der Waals surface area (Å²) in [6, 6.07) is 17.5. The van der Waals surface area contributed by atoms with Crippen molar-refractivity contribution in [2.45, 2.75) is 6.54 Å². The van der Waals surface area contributed by atoms with Crippen molar-refractivity contribution in [3.05, 3.63) is 60.8 Å². The number of fused-ring (bicyclic) bond motifs is 1. The van der Waals surface area contributed by atoms with Gasteiger partial charge in [-0.2, -0.15) is 0 Å². The van der Waals surface area contributed by atoms with Crippen LogP contribution in [0.2, 0.25) is 0 Å². The molecule has 4 aromatic rings. The second-order valence-electron chi connectivity index (χ2n) is 5.64. The van der Waals surface area contributed by atoms with Crippen LogP contribution in [0.15, 0.2) is 65.2 Å². The van der Waals surface area contributed by atoms with Crippen LogP contribution in [-0.4, -0.2) is 27.7 Å². The number of aromatic nitrogens is 3. The number of hydrogen-bond donors (Lipinski definition) is 1. The molecular formula is C19H16N4O2. The van der Waals surface area contributed by atoms with Crippen LogP contribution in [0.3, 0.4) is 0 Å². The third-order valence-corrected chi connectivity index (χ3v) is 4.06. The second-order valence-corrected chi connectivity index (χ2v) is 5.64. The number of benzene rings is 2. The number of para-hydroxylation sites is 1. The van der Waals surface area contributed by atoms with E-state index in [9.17, 15) is 4.79 Å². The standard InChI is InChI=1S/C19H16N4O2/c1-20-17(24)12-23-11-15(14-9-5-6-10-16(14)23)19-22-21-18(25-19)13-7-3-2-4-8-13/h2-11H,12H2,1H3,(H,20,24). The fraction of sp³-hybridized carbons (Fsp3) is 0.105. The van der Waals surface area contributed by atoms with Gasteiger partial charge in [-0.05, 0) is 18.2 Å². The van der Waals surface area contributed by atoms with Gasteiger partial charge in [0, 0.05) is 29.7 Å². The van der Waals surface area contributed by atoms with Crippen LogP contribution in [0.4, 0.5) is 0 Å². The third kappa shape index (κ3) is 2.78. The molecule has 2 aromatic heterocycles. The molecule has 0 aliphatic heterocycles. The smallest absolute Gasteiger partial charge is 0.250 e. The summed E-state index contributed by atoms with van der Waals surface area (Å²) < 4.78 is 7.76. The van der Waals surface area contributed by atoms with E-state index in [4.69, 9.17) is 4.42 Å². The van der Waals surface area contributed by atoms with Gasteiger partial charge < -0.3 is 14.3 Å². The highest BCUT2D eigenvalue weighted by molar-refractivity contribution is 5.95. The number of likely N-dealkylation sites (N-methyl/N-ethyl adjacent to an activating group) is 1. The number of carbonyl (C=O) groups is 1. The predicted molar refractivity (Wildman–Crippen MR) is 94.7 cm³/mol. The highest BCUT2D eigenvalue weighted by Crippen LogP contribution is 2.31. The highest BCUT2D eigenvalue weighted by atomic mass is 16.4. The van der Waals surface area contributed by atoms with Gasteiger partial charge in [0.25, 0.3) is 0 Å². The minimum atomic E-state index is -0.0668. The molecule has 0 unspecified atom stereocenters. The molecule has 0 spiro atoms. The molecule has 4 rings (SSSR count). The molecule has 0 aliphatic rings. The SMILES string of the molecule is CNC(=O)Cn1cc(-c2nnc(-c3ccccc3)o2)c2ccccc21. The summed E-state index contributed by atoms with van der Waals surface area (Å²) in [5.74, 6) is 0.840. The molecule has 0 atom stereocenters. The number of nitrogens with zero attached hydrogens (tertiary/aromatic N) is 3. The Morgan fingerprint density at radius 3 is 2.56 bits per heavy atom. The lowest BCUT2D eigenvalue weighted by molar-refractivity contribution is -0.121. The molecule has 25 heavy (non-hydrogen) atoms. The number of hydrogen-bond acceptors (Lipinski definition) is 4. The van der Waals surface area contributed by atoms with E-state index < -0.39 is 0 Å². The minimum absolute atomic E-state index is 0.0668. The van der Waals surface area contributed by atoms with Crippen molar-refractivity contribution in [2.75, 3.05) is 7.05 Å². The fourth-order valence-corrected chi connectivity index (χ4v) is 2.81. The zero-order chi connectivity index (χ0) is 17.2. The number of amides is 1. The van der Waals surface area contributed by atoms with Gasteiger partial charge in [0.1, 0.15) is 6.54 Å². The van der Waals surface area contributed by atoms with E-state index in [-0.39, 0.29) is 12.5 Å². The van der Waals surface area contributed by atoms with E-state index in [1.165, 1.54) is 0 Å². The van der Waals surface area contributed by atoms with Gasteiger partial charge in [0.05, 0.1) is 5.56 Å². The lowest BCUT2D eigenvalue weighted by Gasteiger charge is -2.03. The molecule has 6 heteroatoms. The second kappa shape index (κ2) is 6.24. The molecular weight excluding hydrogens is 316 g/mol. The van der Waals surface area contributed by atoms with Crippen molar-refractivity contribution in [3.8, 4) is 22.9 Å². The summed E-state index contributed by atoms with van der Waals surface area (Å²) in [5, 5.41) is 12.0. The Labute approximate surface area is 144 Å². The molecule has 2 heterocycles. The summed E-state index contributed by atoms with van der Waals surface area (Å²) in [6.07, 6.45) is 1.88. The number of carbonyl (C=O) groups excluding carboxylic acids is 1. The first-order chi connectivity index (χ1) is 12.3. The first kappa shape index (κ1) is 15.1. The Balaban J connectivity index is 1.79. The van der Waals surface area contributed by atoms with Crippen LogP contribution in [-0.2, 0) is 11.3 Å². The van der Waals surface area contributed by atoms with Crippen LogP contribution >= 0.6 is 0 Å². The van der Waals surface area contributed by atoms with Gasteiger partial charge >= 0.3 is 0 Å². The molecule has 2 aromatic carbocycles. The van der Waals surface area contributed by atoms with E-state index in [1.54, 1.807) is 7.05 Å². The largest absolute Gasteiger partial charge is 0.416 e. The Kier molecular flexibility index (Phi) is 3.78. The third-order valence-electron chi connectivity index (χ3n) is 4.06. The average molecular weight is 332 g/mol. The summed E-state index contributed by atoms with van der Waals surface area (Å²) >= 11 is 0. The van der Waals surface area contributed by atoms with Gasteiger partial charge in [-0.15, -0.1) is 10.2 Å². The molecule has 6 nitrogen and oxygen atoms in total. The van der Waals surface area contributed by atoms with Gasteiger partial charge in [-0.3, -0.25) is 4.79 Å². The first-order valence-corrected chi connectivity index (χ1v) is 7.94. The molecule has 0 saturated heterocycles. The van der Waals surface area contributed by atoms with E-state index in [1.807, 2.05) is 65.4 Å². The summed E-state index contributed by atoms with van der Waals surface area (Å²) in [7, 11) is 1.62. The summed E-state index contributed by atoms with van der Waals surface area (Å²) in [6.45, 7) is 0.233. The molecule has 1 amide bonds. The van der Waals surface area contributed by atoms with Crippen molar-refractivity contribution in [1.29, 1.82) is 0 Å². The monoisotopic (exact) mass is 332 g/mol. The highest BCUT2D eigenvalue weighted by Gasteiger charge is 2.17. The molecule has 1 N–H and O–H groups in total. The molecule has 0 bridgehead atoms. The normalized spacial score (nSPS) is 10.9. The van der Waals surface area contributed by atoms with Gasteiger partial charge in [0.15, 0.2) is 0 Å². The Morgan fingerprint density at radius 2 is 1.76 bits per heavy atom. The molecule has 0 aliphatic carbocycles. The van der Waals surface area contributed by atoms with E-state index >= 15 is 0 Å². The maximum absolute atomic E-state index is 11.8. The maximum atomic E-state index is 11.8. The predicted octanol–water partition coefficient (Wildman–Crippen LogP) is 3.10. The minimum Gasteiger partial charge on any atom is -0.416 e. The average Bonchev–Trinajstić information content (AvgIpc) is 3.28. The summed E-state index contributed by atoms with van der Waals surface area (Å²) in [4.78, 5) is 11.8. The van der Waals surface area contributed by atoms with Crippen LogP contribution in [0, 0.1) is 0 Å². The van der Waals surface area contributed by atoms with Gasteiger partial charge in [-0.1, -0.05) is 36.4 Å². The molecule has 124 valence electrons. The number of rotatable bonds is 4. The zero-order valence-electron chi connectivity index (χ0n) is 13.6. The first-order valence-electron chi connectivity index (χ1n) is 7.94. The van der Waals surface area contributed by atoms with Crippen molar-refractivity contribution < 1.29 is 9.21 Å². The Morgan fingerprint density at radius 1 is 1.04 bits per heavy atom. The van der Waals surface area contributed by atoms with Crippen LogP contribution in [0.1, 0.15) is 0 Å². The zero-order valence-corrected chi connectivity index (χ0v) is 13.6. The molecule has 0 saturated carbocycles. The van der Waals surface area contributed by atoms with Gasteiger partial charge in [0.2, 0.25) is 17.7 Å². The maximum Gasteiger partial charge on any atom is 0.250 e. The topological polar surface area (TPSA) is 73.0 Å². The molecule has 0 fully saturated rings. The van der Waals surface area contributed by atoms with Crippen molar-refractivity contribution in [3.63, 3.8) is 0 Å². The van der Waals surface area contributed by atoms with E-state index in [2.05, 4.69) is 15.5 Å². The number of nitrogens with one attached hydrogen (secondary N) is 1. The Hall–Kier alpha value is -3.41. The summed E-state index contributed by atoms with van der Waals surface area (Å²) in [5.41, 5.74) is 2.63. The van der Waals surface area contributed by atoms with Crippen LogP contribution in [0.5, 0.6) is 0 Å². The lowest BCUT2D eigenvalue weighted by Crippen LogP contribution is -2.22.